The molecular formula is C12H12F3N5O2. The molecule has 1 aliphatic rings. The highest BCUT2D eigenvalue weighted by atomic mass is 19.4. The summed E-state index contributed by atoms with van der Waals surface area (Å²) in [7, 11) is 0. The number of benzene rings is 1. The number of nitro groups is 1. The lowest BCUT2D eigenvalue weighted by molar-refractivity contribution is -0.386. The van der Waals surface area contributed by atoms with Crippen molar-refractivity contribution >= 4 is 11.6 Å². The molecule has 0 spiro atoms. The maximum Gasteiger partial charge on any atom is 0.418 e. The molecule has 0 aliphatic carbocycles. The fourth-order valence-corrected chi connectivity index (χ4v) is 2.16. The van der Waals surface area contributed by atoms with Gasteiger partial charge in [-0.25, -0.2) is 4.99 Å². The molecular weight excluding hydrogens is 303 g/mol. The van der Waals surface area contributed by atoms with Crippen molar-refractivity contribution in [2.24, 2.45) is 16.5 Å². The Morgan fingerprint density at radius 1 is 1.41 bits per heavy atom. The summed E-state index contributed by atoms with van der Waals surface area (Å²) in [5, 5.41) is 13.3. The Hall–Kier alpha value is -2.62. The third kappa shape index (κ3) is 2.60. The second-order valence-corrected chi connectivity index (χ2v) is 4.74. The zero-order valence-corrected chi connectivity index (χ0v) is 11.3. The molecule has 1 aromatic carbocycles. The maximum absolute atomic E-state index is 13.2. The number of nitrogens with two attached hydrogens (primary N) is 2. The van der Waals surface area contributed by atoms with Crippen molar-refractivity contribution in [3.05, 3.63) is 51.2 Å². The number of alkyl halides is 3. The number of halogens is 3. The molecule has 0 amide bonds. The van der Waals surface area contributed by atoms with Crippen molar-refractivity contribution in [3.63, 3.8) is 0 Å². The Labute approximate surface area is 122 Å². The normalized spacial score (nSPS) is 21.7. The quantitative estimate of drug-likeness (QED) is 0.562. The van der Waals surface area contributed by atoms with Gasteiger partial charge >= 0.3 is 6.18 Å². The van der Waals surface area contributed by atoms with Crippen molar-refractivity contribution in [2.75, 3.05) is 0 Å². The van der Waals surface area contributed by atoms with Gasteiger partial charge < -0.3 is 11.1 Å². The highest BCUT2D eigenvalue weighted by Gasteiger charge is 2.51. The third-order valence-electron chi connectivity index (χ3n) is 3.14. The predicted octanol–water partition coefficient (Wildman–Crippen LogP) is 1.38. The van der Waals surface area contributed by atoms with Gasteiger partial charge in [-0.2, -0.15) is 13.2 Å². The third-order valence-corrected chi connectivity index (χ3v) is 3.14. The monoisotopic (exact) mass is 315 g/mol. The zero-order valence-electron chi connectivity index (χ0n) is 11.3. The Bertz CT molecular complexity index is 698. The Morgan fingerprint density at radius 3 is 2.59 bits per heavy atom. The Balaban J connectivity index is 2.74. The number of aryl methyl sites for hydroxylation is 1. The van der Waals surface area contributed by atoms with Crippen molar-refractivity contribution in [1.29, 1.82) is 0 Å². The largest absolute Gasteiger partial charge is 0.418 e. The number of hydrogen-bond acceptors (Lipinski definition) is 6. The molecule has 1 atom stereocenters. The van der Waals surface area contributed by atoms with Gasteiger partial charge in [0.15, 0.2) is 11.6 Å². The van der Waals surface area contributed by atoms with Crippen molar-refractivity contribution in [1.82, 2.24) is 5.32 Å². The first-order valence-electron chi connectivity index (χ1n) is 6.00. The van der Waals surface area contributed by atoms with Crippen LogP contribution in [0, 0.1) is 17.0 Å². The highest BCUT2D eigenvalue weighted by molar-refractivity contribution is 5.81. The highest BCUT2D eigenvalue weighted by Crippen LogP contribution is 2.43. The molecule has 1 aliphatic heterocycles. The fraction of sp³-hybridized carbons (Fsp3) is 0.250. The Morgan fingerprint density at radius 2 is 2.05 bits per heavy atom. The van der Waals surface area contributed by atoms with Crippen LogP contribution in [0.4, 0.5) is 18.9 Å². The van der Waals surface area contributed by atoms with Gasteiger partial charge in [0.05, 0.1) is 16.1 Å². The van der Waals surface area contributed by atoms with E-state index < -0.39 is 33.6 Å². The van der Waals surface area contributed by atoms with Gasteiger partial charge in [0.25, 0.3) is 5.69 Å². The van der Waals surface area contributed by atoms with Gasteiger partial charge in [-0.1, -0.05) is 6.07 Å². The van der Waals surface area contributed by atoms with E-state index in [1.165, 1.54) is 6.07 Å². The number of nitrogens with zero attached hydrogens (tertiary/aromatic N) is 2. The summed E-state index contributed by atoms with van der Waals surface area (Å²) in [5.41, 5.74) is 6.95. The number of hydrogen-bond donors (Lipinski definition) is 3. The van der Waals surface area contributed by atoms with E-state index in [-0.39, 0.29) is 5.96 Å². The van der Waals surface area contributed by atoms with Gasteiger partial charge in [0, 0.05) is 12.3 Å². The molecule has 10 heteroatoms. The second-order valence-electron chi connectivity index (χ2n) is 4.74. The minimum Gasteiger partial charge on any atom is -0.370 e. The molecule has 0 aromatic heterocycles. The Kier molecular flexibility index (Phi) is 3.57. The van der Waals surface area contributed by atoms with Crippen LogP contribution in [0.25, 0.3) is 0 Å². The number of nitro benzene ring substituents is 1. The average molecular weight is 315 g/mol. The van der Waals surface area contributed by atoms with E-state index in [1.54, 1.807) is 6.92 Å². The number of guanidine groups is 1. The molecule has 0 saturated heterocycles. The molecule has 5 N–H and O–H groups in total. The number of nitrogens with one attached hydrogen (secondary N) is 1. The summed E-state index contributed by atoms with van der Waals surface area (Å²) in [6.45, 7) is 1.57. The molecule has 118 valence electrons. The van der Waals surface area contributed by atoms with Gasteiger partial charge in [0.1, 0.15) is 0 Å². The lowest BCUT2D eigenvalue weighted by atomic mass is 9.89. The minimum atomic E-state index is -4.84. The first-order valence-corrected chi connectivity index (χ1v) is 6.00. The molecule has 7 nitrogen and oxygen atoms in total. The van der Waals surface area contributed by atoms with Crippen molar-refractivity contribution in [2.45, 2.75) is 18.8 Å². The lowest BCUT2D eigenvalue weighted by Gasteiger charge is -2.32. The topological polar surface area (TPSA) is 120 Å². The van der Waals surface area contributed by atoms with Crippen LogP contribution >= 0.6 is 0 Å². The molecule has 22 heavy (non-hydrogen) atoms. The van der Waals surface area contributed by atoms with Crippen LogP contribution in [-0.4, -0.2) is 17.1 Å². The van der Waals surface area contributed by atoms with Crippen LogP contribution in [0.1, 0.15) is 11.1 Å². The van der Waals surface area contributed by atoms with Gasteiger partial charge in [-0.15, -0.1) is 0 Å². The summed E-state index contributed by atoms with van der Waals surface area (Å²) in [6.07, 6.45) is -4.28. The van der Waals surface area contributed by atoms with Gasteiger partial charge in [0.2, 0.25) is 0 Å². The smallest absolute Gasteiger partial charge is 0.370 e. The first-order chi connectivity index (χ1) is 10.1. The summed E-state index contributed by atoms with van der Waals surface area (Å²) in [4.78, 5) is 13.9. The fourth-order valence-electron chi connectivity index (χ4n) is 2.16. The van der Waals surface area contributed by atoms with Crippen LogP contribution in [0.15, 0.2) is 35.0 Å². The predicted molar refractivity (Wildman–Crippen MR) is 72.6 cm³/mol. The van der Waals surface area contributed by atoms with Crippen LogP contribution in [0.5, 0.6) is 0 Å². The summed E-state index contributed by atoms with van der Waals surface area (Å²) in [5.74, 6) is -0.370. The van der Waals surface area contributed by atoms with Crippen molar-refractivity contribution < 1.29 is 18.1 Å². The maximum atomic E-state index is 13.2. The molecule has 0 saturated carbocycles. The lowest BCUT2D eigenvalue weighted by Crippen LogP contribution is -2.49. The van der Waals surface area contributed by atoms with Crippen molar-refractivity contribution in [3.8, 4) is 0 Å². The molecule has 1 unspecified atom stereocenters. The standard InChI is InChI=1S/C12H12F3N5O2/c1-6-2-3-7(8(4-6)20(21)22)11(17)9(12(13,14)15)5-18-10(16)19-11/h2-5H,17H2,1H3,(H3,16,18,19). The molecule has 2 rings (SSSR count). The first kappa shape index (κ1) is 15.8. The summed E-state index contributed by atoms with van der Waals surface area (Å²) >= 11 is 0. The molecule has 0 radical (unpaired) electrons. The van der Waals surface area contributed by atoms with E-state index in [4.69, 9.17) is 11.5 Å². The number of rotatable bonds is 2. The van der Waals surface area contributed by atoms with E-state index in [2.05, 4.69) is 10.3 Å². The van der Waals surface area contributed by atoms with Gasteiger partial charge in [-0.3, -0.25) is 15.8 Å². The van der Waals surface area contributed by atoms with E-state index in [0.717, 1.165) is 12.1 Å². The summed E-state index contributed by atoms with van der Waals surface area (Å²) < 4.78 is 39.6. The second kappa shape index (κ2) is 4.98. The van der Waals surface area contributed by atoms with Crippen LogP contribution in [0.2, 0.25) is 0 Å². The number of aliphatic imine (C=N–C) groups is 1. The van der Waals surface area contributed by atoms with Gasteiger partial charge in [-0.05, 0) is 18.6 Å². The van der Waals surface area contributed by atoms with Crippen LogP contribution in [0.3, 0.4) is 0 Å². The van der Waals surface area contributed by atoms with Crippen LogP contribution < -0.4 is 16.8 Å². The molecule has 0 bridgehead atoms. The molecule has 0 fully saturated rings. The van der Waals surface area contributed by atoms with E-state index in [0.29, 0.717) is 11.8 Å². The van der Waals surface area contributed by atoms with E-state index in [9.17, 15) is 23.3 Å². The molecule has 1 heterocycles. The summed E-state index contributed by atoms with van der Waals surface area (Å²) in [6, 6.07) is 3.69. The minimum absolute atomic E-state index is 0.370. The average Bonchev–Trinajstić information content (AvgIpc) is 2.36. The molecule has 1 aromatic rings. The zero-order chi connectivity index (χ0) is 16.7. The van der Waals surface area contributed by atoms with E-state index >= 15 is 0 Å². The SMILES string of the molecule is Cc1ccc(C2(N)N=C(N)NC=C2C(F)(F)F)c([N+](=O)[O-])c1. The van der Waals surface area contributed by atoms with E-state index in [1.807, 2.05) is 0 Å². The van der Waals surface area contributed by atoms with Crippen LogP contribution in [-0.2, 0) is 5.66 Å².